The fourth-order valence-electron chi connectivity index (χ4n) is 4.45. The van der Waals surface area contributed by atoms with Crippen LogP contribution in [0.2, 0.25) is 0 Å². The van der Waals surface area contributed by atoms with Gasteiger partial charge in [0.15, 0.2) is 0 Å². The summed E-state index contributed by atoms with van der Waals surface area (Å²) in [6, 6.07) is 9.10. The van der Waals surface area contributed by atoms with Crippen LogP contribution in [0.5, 0.6) is 0 Å². The van der Waals surface area contributed by atoms with Gasteiger partial charge >= 0.3 is 0 Å². The minimum absolute atomic E-state index is 0.0403. The molecule has 5 nitrogen and oxygen atoms in total. The van der Waals surface area contributed by atoms with E-state index in [1.54, 1.807) is 11.3 Å². The largest absolute Gasteiger partial charge is 0.390 e. The third-order valence-electron chi connectivity index (χ3n) is 5.94. The van der Waals surface area contributed by atoms with Crippen molar-refractivity contribution in [3.8, 4) is 16.5 Å². The van der Waals surface area contributed by atoms with Gasteiger partial charge in [-0.15, -0.1) is 11.3 Å². The number of aliphatic hydroxyl groups is 1. The first-order chi connectivity index (χ1) is 15.0. The predicted octanol–water partition coefficient (Wildman–Crippen LogP) is 4.75. The lowest BCUT2D eigenvalue weighted by molar-refractivity contribution is -0.0251. The highest BCUT2D eigenvalue weighted by atomic mass is 32.1. The van der Waals surface area contributed by atoms with Crippen molar-refractivity contribution in [3.05, 3.63) is 58.8 Å². The topological polar surface area (TPSA) is 69.4 Å². The van der Waals surface area contributed by atoms with E-state index in [0.29, 0.717) is 18.0 Å². The van der Waals surface area contributed by atoms with Gasteiger partial charge in [0.1, 0.15) is 5.01 Å². The van der Waals surface area contributed by atoms with Gasteiger partial charge in [-0.25, -0.2) is 4.98 Å². The Balaban J connectivity index is 1.47. The normalized spacial score (nSPS) is 20.0. The number of rotatable bonds is 8. The van der Waals surface area contributed by atoms with Crippen molar-refractivity contribution in [1.82, 2.24) is 9.88 Å². The minimum Gasteiger partial charge on any atom is -0.390 e. The molecular weight excluding hydrogens is 406 g/mol. The van der Waals surface area contributed by atoms with Gasteiger partial charge in [0.2, 0.25) is 0 Å². The Morgan fingerprint density at radius 3 is 2.97 bits per heavy atom. The van der Waals surface area contributed by atoms with Crippen LogP contribution in [-0.2, 0) is 11.2 Å². The fourth-order valence-corrected chi connectivity index (χ4v) is 5.35. The summed E-state index contributed by atoms with van der Waals surface area (Å²) in [6.07, 6.45) is 8.33. The number of likely N-dealkylation sites (tertiary alicyclic amines) is 1. The molecule has 1 aromatic heterocycles. The third-order valence-corrected chi connectivity index (χ3v) is 6.93. The van der Waals surface area contributed by atoms with E-state index in [0.717, 1.165) is 30.9 Å². The molecule has 0 saturated carbocycles. The van der Waals surface area contributed by atoms with E-state index in [1.165, 1.54) is 21.6 Å². The molecule has 2 aliphatic rings. The van der Waals surface area contributed by atoms with Crippen LogP contribution in [0.4, 0.5) is 0 Å². The first-order valence-electron chi connectivity index (χ1n) is 10.9. The van der Waals surface area contributed by atoms with E-state index in [1.807, 2.05) is 32.2 Å². The molecule has 1 aromatic carbocycles. The summed E-state index contributed by atoms with van der Waals surface area (Å²) in [5.74, 6) is 0. The highest BCUT2D eigenvalue weighted by molar-refractivity contribution is 7.15. The van der Waals surface area contributed by atoms with E-state index in [4.69, 9.17) is 10.00 Å². The Hall–Kier alpha value is -2.30. The highest BCUT2D eigenvalue weighted by Gasteiger charge is 2.36. The fraction of sp³-hybridized carbons (Fsp3) is 0.440. The number of ether oxygens (including phenoxy) is 1. The molecule has 6 heteroatoms. The molecule has 2 atom stereocenters. The molecule has 0 amide bonds. The third kappa shape index (κ3) is 4.81. The van der Waals surface area contributed by atoms with E-state index in [-0.39, 0.29) is 18.3 Å². The van der Waals surface area contributed by atoms with Crippen molar-refractivity contribution in [2.75, 3.05) is 13.1 Å². The zero-order valence-electron chi connectivity index (χ0n) is 18.1. The van der Waals surface area contributed by atoms with Crippen LogP contribution >= 0.6 is 11.3 Å². The summed E-state index contributed by atoms with van der Waals surface area (Å²) < 4.78 is 5.81. The lowest BCUT2D eigenvalue weighted by Gasteiger charge is -2.40. The second-order valence-corrected chi connectivity index (χ2v) is 9.61. The number of aliphatic hydroxyl groups excluding tert-OH is 1. The molecule has 1 fully saturated rings. The van der Waals surface area contributed by atoms with Gasteiger partial charge in [-0.1, -0.05) is 30.9 Å². The SMILES string of the molecule is C=C(C#N)C(C/C=C/c1ncc(-c2cccc3c2CCC3N2CC(O)C2)s1)OC(C)C. The summed E-state index contributed by atoms with van der Waals surface area (Å²) in [7, 11) is 0. The smallest absolute Gasteiger partial charge is 0.116 e. The van der Waals surface area contributed by atoms with Crippen molar-refractivity contribution < 1.29 is 9.84 Å². The molecule has 2 heterocycles. The van der Waals surface area contributed by atoms with Crippen LogP contribution in [0, 0.1) is 11.3 Å². The quantitative estimate of drug-likeness (QED) is 0.606. The molecule has 2 unspecified atom stereocenters. The van der Waals surface area contributed by atoms with Gasteiger partial charge in [0, 0.05) is 25.3 Å². The van der Waals surface area contributed by atoms with Gasteiger partial charge in [0.05, 0.1) is 34.8 Å². The van der Waals surface area contributed by atoms with Crippen LogP contribution in [0.25, 0.3) is 16.5 Å². The molecule has 1 saturated heterocycles. The van der Waals surface area contributed by atoms with Crippen molar-refractivity contribution >= 4 is 17.4 Å². The van der Waals surface area contributed by atoms with Crippen molar-refractivity contribution in [1.29, 1.82) is 5.26 Å². The van der Waals surface area contributed by atoms with Crippen molar-refractivity contribution in [3.63, 3.8) is 0 Å². The number of fused-ring (bicyclic) bond motifs is 1. The second-order valence-electron chi connectivity index (χ2n) is 8.55. The summed E-state index contributed by atoms with van der Waals surface area (Å²) in [5, 5.41) is 19.8. The number of nitrogens with zero attached hydrogens (tertiary/aromatic N) is 3. The number of nitriles is 1. The van der Waals surface area contributed by atoms with Gasteiger partial charge < -0.3 is 9.84 Å². The predicted molar refractivity (Wildman–Crippen MR) is 125 cm³/mol. The maximum absolute atomic E-state index is 9.67. The molecule has 4 rings (SSSR count). The van der Waals surface area contributed by atoms with E-state index >= 15 is 0 Å². The Kier molecular flexibility index (Phi) is 6.68. The molecule has 0 spiro atoms. The maximum Gasteiger partial charge on any atom is 0.116 e. The zero-order chi connectivity index (χ0) is 22.0. The minimum atomic E-state index is -0.296. The average molecular weight is 436 g/mol. The number of hydrogen-bond acceptors (Lipinski definition) is 6. The van der Waals surface area contributed by atoms with Gasteiger partial charge in [0.25, 0.3) is 0 Å². The first-order valence-corrected chi connectivity index (χ1v) is 11.7. The van der Waals surface area contributed by atoms with Crippen LogP contribution < -0.4 is 0 Å². The molecule has 1 aliphatic carbocycles. The maximum atomic E-state index is 9.67. The Morgan fingerprint density at radius 1 is 1.45 bits per heavy atom. The van der Waals surface area contributed by atoms with Crippen LogP contribution in [-0.4, -0.2) is 46.4 Å². The van der Waals surface area contributed by atoms with Crippen LogP contribution in [0.1, 0.15) is 48.9 Å². The number of benzene rings is 1. The molecule has 1 N–H and O–H groups in total. The van der Waals surface area contributed by atoms with Gasteiger partial charge in [-0.05, 0) is 55.9 Å². The molecule has 162 valence electrons. The summed E-state index contributed by atoms with van der Waals surface area (Å²) in [4.78, 5) is 8.15. The Morgan fingerprint density at radius 2 is 2.26 bits per heavy atom. The monoisotopic (exact) mass is 435 g/mol. The molecule has 31 heavy (non-hydrogen) atoms. The first kappa shape index (κ1) is 21.9. The van der Waals surface area contributed by atoms with E-state index in [2.05, 4.69) is 40.7 Å². The van der Waals surface area contributed by atoms with Gasteiger partial charge in [-0.2, -0.15) is 5.26 Å². The van der Waals surface area contributed by atoms with Gasteiger partial charge in [-0.3, -0.25) is 4.90 Å². The van der Waals surface area contributed by atoms with Crippen molar-refractivity contribution in [2.24, 2.45) is 0 Å². The molecular formula is C25H29N3O2S. The highest BCUT2D eigenvalue weighted by Crippen LogP contribution is 2.43. The zero-order valence-corrected chi connectivity index (χ0v) is 18.9. The molecule has 1 aliphatic heterocycles. The van der Waals surface area contributed by atoms with E-state index < -0.39 is 0 Å². The van der Waals surface area contributed by atoms with Crippen molar-refractivity contribution in [2.45, 2.75) is 57.5 Å². The lowest BCUT2D eigenvalue weighted by atomic mass is 9.99. The Bertz CT molecular complexity index is 1010. The van der Waals surface area contributed by atoms with Crippen LogP contribution in [0.15, 0.2) is 42.6 Å². The summed E-state index contributed by atoms with van der Waals surface area (Å²) in [5.41, 5.74) is 4.54. The molecule has 2 aromatic rings. The molecule has 0 radical (unpaired) electrons. The number of β-amino-alcohol motifs (C(OH)–C–C–N with tert-alkyl or cyclic N) is 1. The lowest BCUT2D eigenvalue weighted by Crippen LogP contribution is -2.51. The Labute approximate surface area is 188 Å². The second kappa shape index (κ2) is 9.46. The van der Waals surface area contributed by atoms with Crippen LogP contribution in [0.3, 0.4) is 0 Å². The number of hydrogen-bond donors (Lipinski definition) is 1. The average Bonchev–Trinajstić information content (AvgIpc) is 3.37. The van der Waals surface area contributed by atoms with E-state index in [9.17, 15) is 5.11 Å². The summed E-state index contributed by atoms with van der Waals surface area (Å²) in [6.45, 7) is 9.29. The number of aromatic nitrogens is 1. The summed E-state index contributed by atoms with van der Waals surface area (Å²) >= 11 is 1.68. The standard InChI is InChI=1S/C25H29N3O2S/c1-16(2)30-23(17(3)12-26)8-5-9-25-27-13-24(31-25)21-7-4-6-20-19(21)10-11-22(20)28-14-18(29)15-28/h4-7,9,13,16,18,22-23,29H,3,8,10-11,14-15H2,1-2H3/b9-5+. The molecule has 0 bridgehead atoms. The number of thiazole rings is 1.